The van der Waals surface area contributed by atoms with Gasteiger partial charge >= 0.3 is 71.6 Å². The molecule has 0 spiro atoms. The minimum absolute atomic E-state index is 0. The molecule has 12 aliphatic carbocycles. The minimum Gasteiger partial charge on any atom is -0.481 e. The number of hydrogen-bond donors (Lipinski definition) is 12. The molecule has 12 N–H and O–H groups in total. The molecule has 0 aromatic heterocycles. The summed E-state index contributed by atoms with van der Waals surface area (Å²) < 4.78 is 0. The van der Waals surface area contributed by atoms with E-state index < -0.39 is 143 Å². The van der Waals surface area contributed by atoms with Gasteiger partial charge < -0.3 is 61.3 Å². The smallest absolute Gasteiger partial charge is 0.307 e. The molecule has 0 aromatic rings. The molecule has 549 valence electrons. The van der Waals surface area contributed by atoms with E-state index in [1.807, 2.05) is 0 Å². The first-order valence-electron chi connectivity index (χ1n) is 35.3. The van der Waals surface area contributed by atoms with Gasteiger partial charge in [0.25, 0.3) is 0 Å². The average Bonchev–Trinajstić information content (AvgIpc) is 1.66. The maximum absolute atomic E-state index is 11.2. The Morgan fingerprint density at radius 2 is 0.273 bits per heavy atom. The van der Waals surface area contributed by atoms with Crippen molar-refractivity contribution in [3.8, 4) is 0 Å². The number of aliphatic carboxylic acids is 12. The van der Waals surface area contributed by atoms with E-state index >= 15 is 0 Å². The van der Waals surface area contributed by atoms with Crippen LogP contribution in [0.25, 0.3) is 0 Å². The van der Waals surface area contributed by atoms with Gasteiger partial charge in [-0.25, -0.2) is 0 Å². The van der Waals surface area contributed by atoms with Crippen LogP contribution in [-0.4, -0.2) is 133 Å². The molecule has 30 unspecified atom stereocenters. The van der Waals surface area contributed by atoms with Crippen LogP contribution in [0.2, 0.25) is 0 Å². The summed E-state index contributed by atoms with van der Waals surface area (Å²) in [5.41, 5.74) is 0. The van der Waals surface area contributed by atoms with Crippen molar-refractivity contribution in [3.63, 3.8) is 0 Å². The summed E-state index contributed by atoms with van der Waals surface area (Å²) >= 11 is 0. The molecule has 0 heterocycles. The van der Waals surface area contributed by atoms with Crippen molar-refractivity contribution in [1.82, 2.24) is 0 Å². The van der Waals surface area contributed by atoms with Crippen molar-refractivity contribution in [3.05, 3.63) is 0 Å². The normalized spacial score (nSPS) is 40.3. The van der Waals surface area contributed by atoms with Gasteiger partial charge in [0.1, 0.15) is 0 Å². The number of hydrogen-bond acceptors (Lipinski definition) is 12. The van der Waals surface area contributed by atoms with Crippen LogP contribution in [0.15, 0.2) is 0 Å². The van der Waals surface area contributed by atoms with Crippen molar-refractivity contribution in [2.45, 2.75) is 160 Å². The monoisotopic (exact) mass is 1620 g/mol. The second-order valence-corrected chi connectivity index (χ2v) is 33.2. The summed E-state index contributed by atoms with van der Waals surface area (Å²) in [6.45, 7) is 25.2. The minimum atomic E-state index is -0.929. The van der Waals surface area contributed by atoms with Crippen LogP contribution in [0.5, 0.6) is 0 Å². The maximum Gasteiger partial charge on any atom is 0.307 e. The molecule has 0 saturated heterocycles. The van der Waals surface area contributed by atoms with E-state index in [2.05, 4.69) is 83.1 Å². The number of carbonyl (C=O) groups is 12. The molecule has 27 heteroatoms. The Hall–Kier alpha value is -3.05. The quantitative estimate of drug-likeness (QED) is 0.0607. The molecule has 12 aliphatic rings. The van der Waals surface area contributed by atoms with E-state index in [1.54, 1.807) is 0 Å². The largest absolute Gasteiger partial charge is 0.481 e. The Kier molecular flexibility index (Phi) is 32.0. The number of rotatable bonds is 18. The van der Waals surface area contributed by atoms with Crippen LogP contribution in [-0.2, 0) is 156 Å². The molecule has 12 fully saturated rings. The SMILES string of the molecule is CC(C)C1CC2CC1C(C(=O)O)C2C(=O)O.CC(C)C1CC2CC1C(C(=O)O)C2C(=O)O.CC(C)C1CC2CC1C(C(=O)O)C2C(=O)O.CC(C)C1CC2CC1C(C(=O)O)C2C(=O)O.CC(C)C1CC2CC1C(C(=O)O)C2C(=O)O.CC(C)C1CC2CC1C(C(=O)O)C2C(=O)O.[Y].[Y].[Y]. The van der Waals surface area contributed by atoms with Gasteiger partial charge in [-0.05, 0) is 219 Å². The van der Waals surface area contributed by atoms with Crippen molar-refractivity contribution < 1.29 is 217 Å². The van der Waals surface area contributed by atoms with Gasteiger partial charge in [0.2, 0.25) is 0 Å². The summed E-state index contributed by atoms with van der Waals surface area (Å²) in [6.07, 6.45) is 10.1. The molecule has 12 saturated carbocycles. The summed E-state index contributed by atoms with van der Waals surface area (Å²) in [7, 11) is 0. The van der Waals surface area contributed by atoms with Gasteiger partial charge in [0, 0.05) is 98.1 Å². The molecule has 24 nitrogen and oxygen atoms in total. The van der Waals surface area contributed by atoms with E-state index in [4.69, 9.17) is 30.6 Å². The predicted molar refractivity (Wildman–Crippen MR) is 341 cm³/mol. The fraction of sp³-hybridized carbons (Fsp3) is 0.833. The van der Waals surface area contributed by atoms with Gasteiger partial charge in [-0.3, -0.25) is 57.5 Å². The third-order valence-electron chi connectivity index (χ3n) is 26.9. The summed E-state index contributed by atoms with van der Waals surface area (Å²) in [6, 6.07) is 0. The first kappa shape index (κ1) is 88.4. The molecule has 0 aliphatic heterocycles. The van der Waals surface area contributed by atoms with Gasteiger partial charge in [-0.1, -0.05) is 83.1 Å². The van der Waals surface area contributed by atoms with Crippen LogP contribution < -0.4 is 0 Å². The van der Waals surface area contributed by atoms with Crippen molar-refractivity contribution >= 4 is 71.6 Å². The summed E-state index contributed by atoms with van der Waals surface area (Å²) in [5, 5.41) is 110. The second-order valence-electron chi connectivity index (χ2n) is 33.2. The first-order chi connectivity index (χ1) is 44.6. The number of fused-ring (bicyclic) bond motifs is 12. The summed E-state index contributed by atoms with van der Waals surface area (Å²) in [5.74, 6) is -13.1. The van der Waals surface area contributed by atoms with Gasteiger partial charge in [0.05, 0.1) is 71.0 Å². The second kappa shape index (κ2) is 35.8. The molecule has 99 heavy (non-hydrogen) atoms. The van der Waals surface area contributed by atoms with Crippen LogP contribution >= 0.6 is 0 Å². The van der Waals surface area contributed by atoms with Crippen LogP contribution in [0.4, 0.5) is 0 Å². The molecule has 12 bridgehead atoms. The van der Waals surface area contributed by atoms with Gasteiger partial charge in [0.15, 0.2) is 0 Å². The zero-order chi connectivity index (χ0) is 72.2. The zero-order valence-electron chi connectivity index (χ0n) is 59.3. The van der Waals surface area contributed by atoms with Crippen molar-refractivity contribution in [1.29, 1.82) is 0 Å². The molecule has 0 amide bonds. The van der Waals surface area contributed by atoms with E-state index in [-0.39, 0.29) is 169 Å². The Labute approximate surface area is 655 Å². The Balaban J connectivity index is 0.000000251. The van der Waals surface area contributed by atoms with Crippen LogP contribution in [0.3, 0.4) is 0 Å². The van der Waals surface area contributed by atoms with Gasteiger partial charge in [-0.15, -0.1) is 0 Å². The van der Waals surface area contributed by atoms with Crippen LogP contribution in [0.1, 0.15) is 160 Å². The standard InChI is InChI=1S/6C12H18O4.3Y/c6*1-5(2)7-3-6-4-8(7)10(12(15)16)9(6)11(13)14;;;/h6*5-10H,3-4H2,1-2H3,(H,13,14)(H,15,16);;;. The summed E-state index contributed by atoms with van der Waals surface area (Å²) in [4.78, 5) is 134. The van der Waals surface area contributed by atoms with E-state index in [0.717, 1.165) is 77.0 Å². The number of carboxylic acids is 12. The third kappa shape index (κ3) is 18.1. The van der Waals surface area contributed by atoms with E-state index in [9.17, 15) is 88.2 Å². The topological polar surface area (TPSA) is 448 Å². The maximum atomic E-state index is 11.2. The molecule has 3 radical (unpaired) electrons. The molecular formula is C72H108O24Y3. The Morgan fingerprint density at radius 3 is 0.343 bits per heavy atom. The Bertz CT molecular complexity index is 2450. The average molecular weight is 1620 g/mol. The third-order valence-corrected chi connectivity index (χ3v) is 26.9. The first-order valence-corrected chi connectivity index (χ1v) is 35.3. The number of carboxylic acid groups (broad SMARTS) is 12. The predicted octanol–water partition coefficient (Wildman–Crippen LogP) is 10.2. The van der Waals surface area contributed by atoms with E-state index in [1.165, 1.54) is 0 Å². The fourth-order valence-electron chi connectivity index (χ4n) is 23.2. The van der Waals surface area contributed by atoms with Crippen molar-refractivity contribution in [2.75, 3.05) is 0 Å². The molecule has 30 atom stereocenters. The molecular weight excluding hydrogens is 1520 g/mol. The molecule has 0 aromatic carbocycles. The van der Waals surface area contributed by atoms with Crippen molar-refractivity contribution in [2.24, 2.45) is 213 Å². The Morgan fingerprint density at radius 1 is 0.182 bits per heavy atom. The van der Waals surface area contributed by atoms with E-state index in [0.29, 0.717) is 71.0 Å². The van der Waals surface area contributed by atoms with Gasteiger partial charge in [-0.2, -0.15) is 0 Å². The molecule has 12 rings (SSSR count). The fourth-order valence-corrected chi connectivity index (χ4v) is 23.2. The zero-order valence-corrected chi connectivity index (χ0v) is 67.8. The van der Waals surface area contributed by atoms with Crippen LogP contribution in [0, 0.1) is 213 Å².